The molecular formula is C12H8ClN3O2S. The maximum Gasteiger partial charge on any atom is 0.349 e. The van der Waals surface area contributed by atoms with Gasteiger partial charge in [0.25, 0.3) is 0 Å². The van der Waals surface area contributed by atoms with Crippen molar-refractivity contribution in [3.8, 4) is 6.07 Å². The van der Waals surface area contributed by atoms with Crippen molar-refractivity contribution in [2.75, 3.05) is 6.61 Å². The largest absolute Gasteiger partial charge is 0.457 e. The highest BCUT2D eigenvalue weighted by Crippen LogP contribution is 2.23. The van der Waals surface area contributed by atoms with Crippen molar-refractivity contribution in [1.29, 1.82) is 5.26 Å². The molecular weight excluding hydrogens is 286 g/mol. The molecule has 0 spiro atoms. The van der Waals surface area contributed by atoms with E-state index in [4.69, 9.17) is 21.6 Å². The van der Waals surface area contributed by atoms with Gasteiger partial charge in [0.15, 0.2) is 10.1 Å². The Morgan fingerprint density at radius 1 is 1.74 bits per heavy atom. The molecule has 19 heavy (non-hydrogen) atoms. The minimum Gasteiger partial charge on any atom is -0.457 e. The Balaban J connectivity index is 2.40. The van der Waals surface area contributed by atoms with Crippen molar-refractivity contribution < 1.29 is 9.53 Å². The van der Waals surface area contributed by atoms with Crippen LogP contribution in [0.5, 0.6) is 0 Å². The average molecular weight is 294 g/mol. The predicted molar refractivity (Wildman–Crippen MR) is 72.8 cm³/mol. The van der Waals surface area contributed by atoms with Gasteiger partial charge in [-0.25, -0.2) is 9.78 Å². The van der Waals surface area contributed by atoms with Crippen molar-refractivity contribution in [2.24, 2.45) is 0 Å². The van der Waals surface area contributed by atoms with Crippen molar-refractivity contribution in [3.63, 3.8) is 0 Å². The van der Waals surface area contributed by atoms with Crippen LogP contribution in [0.3, 0.4) is 0 Å². The summed E-state index contributed by atoms with van der Waals surface area (Å²) in [5.41, 5.74) is 0.335. The molecule has 2 aromatic rings. The molecule has 0 aliphatic rings. The molecule has 0 N–H and O–H groups in total. The van der Waals surface area contributed by atoms with Crippen LogP contribution < -0.4 is 0 Å². The fourth-order valence-corrected chi connectivity index (χ4v) is 2.39. The molecule has 5 nitrogen and oxygen atoms in total. The van der Waals surface area contributed by atoms with Gasteiger partial charge >= 0.3 is 5.97 Å². The number of esters is 1. The number of hydrogen-bond acceptors (Lipinski definition) is 5. The van der Waals surface area contributed by atoms with E-state index >= 15 is 0 Å². The molecule has 0 atom stereocenters. The molecule has 0 unspecified atom stereocenters. The second-order valence-electron chi connectivity index (χ2n) is 3.40. The van der Waals surface area contributed by atoms with E-state index in [1.54, 1.807) is 16.7 Å². The molecule has 2 heterocycles. The van der Waals surface area contributed by atoms with E-state index in [2.05, 4.69) is 11.6 Å². The molecule has 0 aromatic carbocycles. The lowest BCUT2D eigenvalue weighted by Gasteiger charge is -1.99. The lowest BCUT2D eigenvalue weighted by molar-refractivity contribution is -0.137. The molecule has 96 valence electrons. The summed E-state index contributed by atoms with van der Waals surface area (Å²) in [6.07, 6.45) is 4.55. The third kappa shape index (κ3) is 2.67. The summed E-state index contributed by atoms with van der Waals surface area (Å²) in [6.45, 7) is 3.48. The van der Waals surface area contributed by atoms with Crippen LogP contribution in [0.1, 0.15) is 5.69 Å². The SMILES string of the molecule is C=CCOC(=O)/C(C#N)=C/c1c(Cl)nc2sccn12. The first-order chi connectivity index (χ1) is 9.17. The monoisotopic (exact) mass is 293 g/mol. The number of imidazole rings is 1. The lowest BCUT2D eigenvalue weighted by Crippen LogP contribution is -2.06. The molecule has 2 aromatic heterocycles. The van der Waals surface area contributed by atoms with Crippen LogP contribution >= 0.6 is 22.9 Å². The van der Waals surface area contributed by atoms with E-state index in [0.29, 0.717) is 10.7 Å². The summed E-state index contributed by atoms with van der Waals surface area (Å²) >= 11 is 7.38. The fraction of sp³-hybridized carbons (Fsp3) is 0.0833. The molecule has 0 saturated heterocycles. The number of carbonyl (C=O) groups excluding carboxylic acids is 1. The van der Waals surface area contributed by atoms with Gasteiger partial charge in [0, 0.05) is 11.6 Å². The smallest absolute Gasteiger partial charge is 0.349 e. The zero-order chi connectivity index (χ0) is 13.8. The number of nitriles is 1. The first kappa shape index (κ1) is 13.3. The predicted octanol–water partition coefficient (Wildman–Crippen LogP) is 2.69. The van der Waals surface area contributed by atoms with Gasteiger partial charge < -0.3 is 4.74 Å². The Bertz CT molecular complexity index is 708. The Morgan fingerprint density at radius 3 is 3.21 bits per heavy atom. The van der Waals surface area contributed by atoms with Gasteiger partial charge in [0.05, 0.1) is 5.69 Å². The van der Waals surface area contributed by atoms with E-state index < -0.39 is 5.97 Å². The zero-order valence-corrected chi connectivity index (χ0v) is 11.2. The highest BCUT2D eigenvalue weighted by atomic mass is 35.5. The lowest BCUT2D eigenvalue weighted by atomic mass is 10.2. The number of carbonyl (C=O) groups is 1. The van der Waals surface area contributed by atoms with E-state index in [-0.39, 0.29) is 17.3 Å². The van der Waals surface area contributed by atoms with Crippen LogP contribution in [0.2, 0.25) is 5.15 Å². The molecule has 0 bridgehead atoms. The topological polar surface area (TPSA) is 67.4 Å². The summed E-state index contributed by atoms with van der Waals surface area (Å²) < 4.78 is 6.51. The van der Waals surface area contributed by atoms with E-state index in [9.17, 15) is 4.79 Å². The number of aromatic nitrogens is 2. The number of halogens is 1. The third-order valence-corrected chi connectivity index (χ3v) is 3.24. The second-order valence-corrected chi connectivity index (χ2v) is 4.63. The van der Waals surface area contributed by atoms with Gasteiger partial charge in [-0.05, 0) is 6.08 Å². The molecule has 0 saturated carbocycles. The zero-order valence-electron chi connectivity index (χ0n) is 9.67. The minimum atomic E-state index is -0.719. The maximum absolute atomic E-state index is 11.6. The molecule has 0 fully saturated rings. The molecule has 2 rings (SSSR count). The van der Waals surface area contributed by atoms with E-state index in [1.165, 1.54) is 23.5 Å². The van der Waals surface area contributed by atoms with Crippen molar-refractivity contribution in [2.45, 2.75) is 0 Å². The Morgan fingerprint density at radius 2 is 2.53 bits per heavy atom. The molecule has 0 aliphatic heterocycles. The second kappa shape index (κ2) is 5.69. The highest BCUT2D eigenvalue weighted by molar-refractivity contribution is 7.15. The standard InChI is InChI=1S/C12H8ClN3O2S/c1-2-4-18-11(17)8(7-14)6-9-10(13)15-12-16(9)3-5-19-12/h2-3,5-6H,1,4H2/b8-6+. The van der Waals surface area contributed by atoms with Crippen LogP contribution in [0.4, 0.5) is 0 Å². The normalized spacial score (nSPS) is 11.3. The van der Waals surface area contributed by atoms with Crippen LogP contribution in [0.25, 0.3) is 11.0 Å². The number of ether oxygens (including phenoxy) is 1. The number of nitrogens with zero attached hydrogens (tertiary/aromatic N) is 3. The molecule has 0 radical (unpaired) electrons. The number of fused-ring (bicyclic) bond motifs is 1. The Labute approximate surface area is 118 Å². The van der Waals surface area contributed by atoms with Crippen LogP contribution in [0, 0.1) is 11.3 Å². The van der Waals surface area contributed by atoms with Gasteiger partial charge in [0.2, 0.25) is 0 Å². The molecule has 0 amide bonds. The summed E-state index contributed by atoms with van der Waals surface area (Å²) in [6, 6.07) is 1.79. The van der Waals surface area contributed by atoms with Crippen molar-refractivity contribution in [3.05, 3.63) is 40.7 Å². The van der Waals surface area contributed by atoms with Crippen molar-refractivity contribution >= 4 is 39.9 Å². The first-order valence-corrected chi connectivity index (χ1v) is 6.44. The molecule has 7 heteroatoms. The summed E-state index contributed by atoms with van der Waals surface area (Å²) in [5.74, 6) is -0.719. The summed E-state index contributed by atoms with van der Waals surface area (Å²) in [5, 5.41) is 11.1. The van der Waals surface area contributed by atoms with Gasteiger partial charge in [-0.2, -0.15) is 5.26 Å². The Hall–Kier alpha value is -2.10. The van der Waals surface area contributed by atoms with Gasteiger partial charge in [-0.1, -0.05) is 24.3 Å². The van der Waals surface area contributed by atoms with Gasteiger partial charge in [-0.3, -0.25) is 4.40 Å². The van der Waals surface area contributed by atoms with Crippen LogP contribution in [-0.4, -0.2) is 22.0 Å². The number of thiazole rings is 1. The number of rotatable bonds is 4. The van der Waals surface area contributed by atoms with Crippen LogP contribution in [0.15, 0.2) is 29.8 Å². The quantitative estimate of drug-likeness (QED) is 0.376. The fourth-order valence-electron chi connectivity index (χ4n) is 1.39. The third-order valence-electron chi connectivity index (χ3n) is 2.21. The minimum absolute atomic E-state index is 0.0475. The van der Waals surface area contributed by atoms with E-state index in [0.717, 1.165) is 0 Å². The van der Waals surface area contributed by atoms with Gasteiger partial charge in [0.1, 0.15) is 18.2 Å². The summed E-state index contributed by atoms with van der Waals surface area (Å²) in [7, 11) is 0. The van der Waals surface area contributed by atoms with Gasteiger partial charge in [-0.15, -0.1) is 11.3 Å². The highest BCUT2D eigenvalue weighted by Gasteiger charge is 2.15. The molecule has 0 aliphatic carbocycles. The average Bonchev–Trinajstić information content (AvgIpc) is 2.95. The number of hydrogen-bond donors (Lipinski definition) is 0. The van der Waals surface area contributed by atoms with E-state index in [1.807, 2.05) is 5.38 Å². The maximum atomic E-state index is 11.6. The van der Waals surface area contributed by atoms with Crippen LogP contribution in [-0.2, 0) is 9.53 Å². The Kier molecular flexibility index (Phi) is 4.00. The van der Waals surface area contributed by atoms with Crippen molar-refractivity contribution in [1.82, 2.24) is 9.38 Å². The first-order valence-electron chi connectivity index (χ1n) is 5.18. The summed E-state index contributed by atoms with van der Waals surface area (Å²) in [4.78, 5) is 16.4.